The van der Waals surface area contributed by atoms with Crippen LogP contribution in [-0.2, 0) is 0 Å². The maximum absolute atomic E-state index is 12.9. The van der Waals surface area contributed by atoms with Crippen LogP contribution in [0.5, 0.6) is 5.75 Å². The summed E-state index contributed by atoms with van der Waals surface area (Å²) in [4.78, 5) is 21.2. The molecule has 1 amide bonds. The molecule has 6 nitrogen and oxygen atoms in total. The molecule has 0 saturated carbocycles. The van der Waals surface area contributed by atoms with Gasteiger partial charge < -0.3 is 15.8 Å². The number of ether oxygens (including phenoxy) is 1. The monoisotopic (exact) mass is 412 g/mol. The number of nitrogens with one attached hydrogen (secondary N) is 1. The van der Waals surface area contributed by atoms with Crippen LogP contribution in [-0.4, -0.2) is 22.0 Å². The first-order chi connectivity index (χ1) is 14.9. The average Bonchev–Trinajstić information content (AvgIpc) is 2.73. The third-order valence-electron chi connectivity index (χ3n) is 4.87. The number of amides is 1. The normalized spacial score (nSPS) is 11.0. The van der Waals surface area contributed by atoms with E-state index >= 15 is 0 Å². The molecule has 156 valence electrons. The van der Waals surface area contributed by atoms with Crippen molar-refractivity contribution in [2.75, 3.05) is 11.1 Å². The Kier molecular flexibility index (Phi) is 5.54. The highest BCUT2D eigenvalue weighted by molar-refractivity contribution is 6.05. The Morgan fingerprint density at radius 2 is 1.90 bits per heavy atom. The van der Waals surface area contributed by atoms with Gasteiger partial charge in [-0.25, -0.2) is 9.97 Å². The van der Waals surface area contributed by atoms with Gasteiger partial charge in [-0.3, -0.25) is 4.79 Å². The van der Waals surface area contributed by atoms with Crippen molar-refractivity contribution in [3.8, 4) is 16.9 Å². The van der Waals surface area contributed by atoms with Gasteiger partial charge in [0.05, 0.1) is 11.6 Å². The number of aromatic nitrogens is 2. The van der Waals surface area contributed by atoms with Crippen LogP contribution < -0.4 is 15.8 Å². The molecule has 0 aliphatic rings. The number of benzene rings is 3. The van der Waals surface area contributed by atoms with Gasteiger partial charge in [0, 0.05) is 28.9 Å². The molecule has 31 heavy (non-hydrogen) atoms. The van der Waals surface area contributed by atoms with Gasteiger partial charge in [0.2, 0.25) is 5.95 Å². The molecule has 0 spiro atoms. The fraction of sp³-hybridized carbons (Fsp3) is 0.160. The summed E-state index contributed by atoms with van der Waals surface area (Å²) >= 11 is 0. The van der Waals surface area contributed by atoms with Crippen molar-refractivity contribution in [1.29, 1.82) is 0 Å². The lowest BCUT2D eigenvalue weighted by Gasteiger charge is -2.13. The number of nitrogen functional groups attached to an aromatic ring is 1. The van der Waals surface area contributed by atoms with Gasteiger partial charge in [-0.2, -0.15) is 0 Å². The van der Waals surface area contributed by atoms with Gasteiger partial charge in [0.1, 0.15) is 5.75 Å². The van der Waals surface area contributed by atoms with Crippen LogP contribution in [0.2, 0.25) is 0 Å². The van der Waals surface area contributed by atoms with Gasteiger partial charge in [-0.1, -0.05) is 18.2 Å². The van der Waals surface area contributed by atoms with Crippen molar-refractivity contribution >= 4 is 28.4 Å². The largest absolute Gasteiger partial charge is 0.491 e. The molecule has 0 fully saturated rings. The number of carbonyl (C=O) groups excluding carboxylic acids is 1. The third-order valence-corrected chi connectivity index (χ3v) is 4.87. The van der Waals surface area contributed by atoms with Gasteiger partial charge in [0.25, 0.3) is 5.91 Å². The van der Waals surface area contributed by atoms with Crippen molar-refractivity contribution in [2.24, 2.45) is 0 Å². The predicted octanol–water partition coefficient (Wildman–Crippen LogP) is 5.23. The van der Waals surface area contributed by atoms with Gasteiger partial charge in [0.15, 0.2) is 0 Å². The molecular weight excluding hydrogens is 388 g/mol. The number of hydrogen-bond acceptors (Lipinski definition) is 5. The van der Waals surface area contributed by atoms with Crippen LogP contribution >= 0.6 is 0 Å². The Morgan fingerprint density at radius 1 is 1.06 bits per heavy atom. The van der Waals surface area contributed by atoms with Crippen LogP contribution in [0.1, 0.15) is 29.8 Å². The fourth-order valence-corrected chi connectivity index (χ4v) is 3.41. The highest BCUT2D eigenvalue weighted by Crippen LogP contribution is 2.28. The molecule has 0 unspecified atom stereocenters. The first kappa shape index (κ1) is 20.3. The summed E-state index contributed by atoms with van der Waals surface area (Å²) in [6.07, 6.45) is 1.77. The number of rotatable bonds is 5. The molecule has 6 heteroatoms. The molecule has 0 aliphatic carbocycles. The number of anilines is 2. The maximum atomic E-state index is 12.9. The van der Waals surface area contributed by atoms with Gasteiger partial charge >= 0.3 is 0 Å². The Hall–Kier alpha value is -3.93. The minimum absolute atomic E-state index is 0.0643. The smallest absolute Gasteiger partial charge is 0.255 e. The number of nitrogens with two attached hydrogens (primary N) is 1. The Bertz CT molecular complexity index is 1270. The van der Waals surface area contributed by atoms with Crippen molar-refractivity contribution in [3.05, 3.63) is 78.0 Å². The quantitative estimate of drug-likeness (QED) is 0.469. The van der Waals surface area contributed by atoms with E-state index < -0.39 is 0 Å². The zero-order valence-corrected chi connectivity index (χ0v) is 17.7. The lowest BCUT2D eigenvalue weighted by atomic mass is 9.97. The van der Waals surface area contributed by atoms with Crippen LogP contribution in [0.25, 0.3) is 22.0 Å². The Balaban J connectivity index is 1.62. The fourth-order valence-electron chi connectivity index (χ4n) is 3.41. The topological polar surface area (TPSA) is 90.1 Å². The minimum atomic E-state index is -0.181. The Morgan fingerprint density at radius 3 is 2.71 bits per heavy atom. The molecule has 0 radical (unpaired) electrons. The number of aryl methyl sites for hydroxylation is 1. The van der Waals surface area contributed by atoms with E-state index in [1.54, 1.807) is 6.20 Å². The molecule has 0 saturated heterocycles. The number of nitrogens with zero attached hydrogens (tertiary/aromatic N) is 2. The zero-order chi connectivity index (χ0) is 22.0. The van der Waals surface area contributed by atoms with E-state index in [1.807, 2.05) is 81.4 Å². The zero-order valence-electron chi connectivity index (χ0n) is 17.7. The second kappa shape index (κ2) is 8.44. The van der Waals surface area contributed by atoms with E-state index in [9.17, 15) is 4.79 Å². The van der Waals surface area contributed by atoms with Gasteiger partial charge in [-0.15, -0.1) is 0 Å². The lowest BCUT2D eigenvalue weighted by molar-refractivity contribution is 0.102. The highest BCUT2D eigenvalue weighted by atomic mass is 16.5. The SMILES string of the molecule is Cc1ccc(C(=O)Nc2cccc(OC(C)C)c2)cc1-c1ccc2nc(N)ncc2c1. The van der Waals surface area contributed by atoms with E-state index in [0.29, 0.717) is 11.3 Å². The minimum Gasteiger partial charge on any atom is -0.491 e. The van der Waals surface area contributed by atoms with E-state index in [4.69, 9.17) is 10.5 Å². The van der Waals surface area contributed by atoms with Crippen LogP contribution in [0.15, 0.2) is 66.9 Å². The second-order valence-corrected chi connectivity index (χ2v) is 7.68. The molecule has 0 bridgehead atoms. The van der Waals surface area contributed by atoms with Crippen molar-refractivity contribution in [2.45, 2.75) is 26.9 Å². The van der Waals surface area contributed by atoms with Crippen molar-refractivity contribution in [3.63, 3.8) is 0 Å². The van der Waals surface area contributed by atoms with E-state index in [2.05, 4.69) is 15.3 Å². The molecule has 0 aliphatic heterocycles. The summed E-state index contributed by atoms with van der Waals surface area (Å²) < 4.78 is 5.71. The summed E-state index contributed by atoms with van der Waals surface area (Å²) in [5.41, 5.74) is 10.7. The molecule has 1 heterocycles. The second-order valence-electron chi connectivity index (χ2n) is 7.68. The molecule has 1 aromatic heterocycles. The number of carbonyl (C=O) groups is 1. The van der Waals surface area contributed by atoms with E-state index in [1.165, 1.54) is 0 Å². The molecule has 4 rings (SSSR count). The molecule has 3 aromatic carbocycles. The van der Waals surface area contributed by atoms with Crippen LogP contribution in [0, 0.1) is 6.92 Å². The number of fused-ring (bicyclic) bond motifs is 1. The average molecular weight is 412 g/mol. The summed E-state index contributed by atoms with van der Waals surface area (Å²) in [6, 6.07) is 19.0. The maximum Gasteiger partial charge on any atom is 0.255 e. The summed E-state index contributed by atoms with van der Waals surface area (Å²) in [5.74, 6) is 0.786. The van der Waals surface area contributed by atoms with Gasteiger partial charge in [-0.05, 0) is 73.9 Å². The lowest BCUT2D eigenvalue weighted by Crippen LogP contribution is -2.12. The standard InChI is InChI=1S/C25H24N4O2/c1-15(2)31-21-6-4-5-20(13-21)28-24(30)18-8-7-16(3)22(12-18)17-9-10-23-19(11-17)14-27-25(26)29-23/h4-15H,1-3H3,(H,28,30)(H2,26,27,29). The third kappa shape index (κ3) is 4.64. The van der Waals surface area contributed by atoms with Crippen molar-refractivity contribution in [1.82, 2.24) is 9.97 Å². The van der Waals surface area contributed by atoms with E-state index in [0.717, 1.165) is 33.3 Å². The molecule has 0 atom stereocenters. The first-order valence-electron chi connectivity index (χ1n) is 10.1. The summed E-state index contributed by atoms with van der Waals surface area (Å²) in [7, 11) is 0. The summed E-state index contributed by atoms with van der Waals surface area (Å²) in [5, 5.41) is 3.84. The molecular formula is C25H24N4O2. The van der Waals surface area contributed by atoms with Crippen LogP contribution in [0.4, 0.5) is 11.6 Å². The molecule has 3 N–H and O–H groups in total. The molecule has 4 aromatic rings. The van der Waals surface area contributed by atoms with Crippen LogP contribution in [0.3, 0.4) is 0 Å². The first-order valence-corrected chi connectivity index (χ1v) is 10.1. The number of hydrogen-bond donors (Lipinski definition) is 2. The predicted molar refractivity (Wildman–Crippen MR) is 124 cm³/mol. The van der Waals surface area contributed by atoms with Crippen molar-refractivity contribution < 1.29 is 9.53 Å². The highest BCUT2D eigenvalue weighted by Gasteiger charge is 2.11. The Labute approximate surface area is 181 Å². The summed E-state index contributed by atoms with van der Waals surface area (Å²) in [6.45, 7) is 5.95. The van der Waals surface area contributed by atoms with E-state index in [-0.39, 0.29) is 18.0 Å².